The molecule has 6 nitrogen and oxygen atoms in total. The van der Waals surface area contributed by atoms with Crippen molar-refractivity contribution in [2.45, 2.75) is 19.4 Å². The molecule has 1 fully saturated rings. The van der Waals surface area contributed by atoms with Gasteiger partial charge in [-0.1, -0.05) is 6.92 Å². The minimum atomic E-state index is -0.0859. The van der Waals surface area contributed by atoms with Gasteiger partial charge in [-0.3, -0.25) is 4.79 Å². The normalized spacial score (nSPS) is 17.8. The van der Waals surface area contributed by atoms with E-state index in [0.29, 0.717) is 17.5 Å². The first-order valence-corrected chi connectivity index (χ1v) is 8.94. The summed E-state index contributed by atoms with van der Waals surface area (Å²) < 4.78 is 2.38. The molecule has 2 aromatic rings. The van der Waals surface area contributed by atoms with Gasteiger partial charge >= 0.3 is 0 Å². The van der Waals surface area contributed by atoms with Crippen LogP contribution < -0.4 is 21.1 Å². The molecule has 0 radical (unpaired) electrons. The van der Waals surface area contributed by atoms with Crippen LogP contribution in [0.1, 0.15) is 13.3 Å². The number of hydrogen-bond donors (Lipinski definition) is 2. The Kier molecular flexibility index (Phi) is 5.20. The molecule has 1 aliphatic rings. The number of rotatable bonds is 4. The van der Waals surface area contributed by atoms with Gasteiger partial charge in [0.2, 0.25) is 0 Å². The molecule has 3 rings (SSSR count). The quantitative estimate of drug-likeness (QED) is 0.837. The molecule has 2 N–H and O–H groups in total. The molecule has 1 unspecified atom stereocenters. The van der Waals surface area contributed by atoms with Crippen molar-refractivity contribution >= 4 is 33.1 Å². The van der Waals surface area contributed by atoms with Crippen LogP contribution in [0.25, 0.3) is 0 Å². The zero-order valence-corrected chi connectivity index (χ0v) is 15.5. The second-order valence-electron chi connectivity index (χ2n) is 5.97. The highest BCUT2D eigenvalue weighted by Gasteiger charge is 2.20. The summed E-state index contributed by atoms with van der Waals surface area (Å²) in [7, 11) is 1.73. The van der Waals surface area contributed by atoms with Gasteiger partial charge in [0.05, 0.1) is 11.9 Å². The van der Waals surface area contributed by atoms with Crippen molar-refractivity contribution in [3.05, 3.63) is 45.4 Å². The summed E-state index contributed by atoms with van der Waals surface area (Å²) in [5, 5.41) is 6.53. The van der Waals surface area contributed by atoms with Crippen LogP contribution in [0.3, 0.4) is 0 Å². The third kappa shape index (κ3) is 3.62. The molecule has 2 aromatic heterocycles. The Hall–Kier alpha value is -1.86. The second-order valence-corrected chi connectivity index (χ2v) is 6.89. The lowest BCUT2D eigenvalue weighted by atomic mass is 10.1. The van der Waals surface area contributed by atoms with Crippen LogP contribution in [0.4, 0.5) is 17.2 Å². The number of aryl methyl sites for hydroxylation is 1. The zero-order chi connectivity index (χ0) is 17.1. The fourth-order valence-electron chi connectivity index (χ4n) is 2.99. The summed E-state index contributed by atoms with van der Waals surface area (Å²) in [4.78, 5) is 19.0. The van der Waals surface area contributed by atoms with Gasteiger partial charge in [0, 0.05) is 43.4 Å². The number of aromatic nitrogens is 2. The number of anilines is 3. The lowest BCUT2D eigenvalue weighted by molar-refractivity contribution is 0.466. The molecule has 7 heteroatoms. The highest BCUT2D eigenvalue weighted by molar-refractivity contribution is 9.10. The summed E-state index contributed by atoms with van der Waals surface area (Å²) in [6.45, 7) is 5.19. The molecule has 24 heavy (non-hydrogen) atoms. The monoisotopic (exact) mass is 391 g/mol. The molecule has 0 aliphatic carbocycles. The van der Waals surface area contributed by atoms with E-state index in [1.54, 1.807) is 19.3 Å². The largest absolute Gasteiger partial charge is 0.365 e. The predicted molar refractivity (Wildman–Crippen MR) is 101 cm³/mol. The molecule has 0 saturated carbocycles. The van der Waals surface area contributed by atoms with E-state index in [0.717, 1.165) is 36.2 Å². The Balaban J connectivity index is 1.79. The minimum absolute atomic E-state index is 0.0859. The van der Waals surface area contributed by atoms with Crippen LogP contribution in [-0.4, -0.2) is 35.2 Å². The molecule has 1 atom stereocenters. The fourth-order valence-corrected chi connectivity index (χ4v) is 3.53. The average molecular weight is 392 g/mol. The number of nitrogens with one attached hydrogen (secondary N) is 2. The van der Waals surface area contributed by atoms with Gasteiger partial charge in [0.1, 0.15) is 11.5 Å². The van der Waals surface area contributed by atoms with Crippen molar-refractivity contribution in [1.82, 2.24) is 14.9 Å². The van der Waals surface area contributed by atoms with Crippen LogP contribution in [0.15, 0.2) is 39.9 Å². The molecule has 1 saturated heterocycles. The van der Waals surface area contributed by atoms with Crippen LogP contribution in [0.2, 0.25) is 0 Å². The smallest absolute Gasteiger partial charge is 0.274 e. The van der Waals surface area contributed by atoms with Crippen molar-refractivity contribution in [1.29, 1.82) is 0 Å². The summed E-state index contributed by atoms with van der Waals surface area (Å²) in [6, 6.07) is 6.24. The standard InChI is InChI=1S/C17H22BrN5O/c1-3-13-9-19-6-7-23(13)14-4-5-16(20-10-14)21-15-8-12(18)11-22(2)17(15)24/h4-5,8,10-11,13,19H,3,6-7,9H2,1-2H3,(H,20,21). The van der Waals surface area contributed by atoms with Gasteiger partial charge in [-0.05, 0) is 40.5 Å². The SMILES string of the molecule is CCC1CNCCN1c1ccc(Nc2cc(Br)cn(C)c2=O)nc1. The van der Waals surface area contributed by atoms with E-state index in [9.17, 15) is 4.79 Å². The molecule has 0 aromatic carbocycles. The molecule has 0 spiro atoms. The van der Waals surface area contributed by atoms with E-state index in [4.69, 9.17) is 0 Å². The van der Waals surface area contributed by atoms with Crippen molar-refractivity contribution in [3.63, 3.8) is 0 Å². The van der Waals surface area contributed by atoms with Crippen LogP contribution in [0, 0.1) is 0 Å². The van der Waals surface area contributed by atoms with E-state index in [1.807, 2.05) is 12.3 Å². The maximum atomic E-state index is 12.2. The third-order valence-corrected chi connectivity index (χ3v) is 4.75. The van der Waals surface area contributed by atoms with E-state index in [1.165, 1.54) is 4.57 Å². The van der Waals surface area contributed by atoms with E-state index >= 15 is 0 Å². The molecule has 0 bridgehead atoms. The Morgan fingerprint density at radius 1 is 1.46 bits per heavy atom. The van der Waals surface area contributed by atoms with Crippen LogP contribution in [0.5, 0.6) is 0 Å². The summed E-state index contributed by atoms with van der Waals surface area (Å²) >= 11 is 3.41. The molecular formula is C17H22BrN5O. The Morgan fingerprint density at radius 2 is 2.29 bits per heavy atom. The number of halogens is 1. The van der Waals surface area contributed by atoms with Crippen LogP contribution >= 0.6 is 15.9 Å². The molecule has 1 aliphatic heterocycles. The van der Waals surface area contributed by atoms with Gasteiger partial charge in [0.15, 0.2) is 0 Å². The average Bonchev–Trinajstić information content (AvgIpc) is 2.60. The van der Waals surface area contributed by atoms with Crippen molar-refractivity contribution in [3.8, 4) is 0 Å². The van der Waals surface area contributed by atoms with Gasteiger partial charge in [-0.15, -0.1) is 0 Å². The number of hydrogen-bond acceptors (Lipinski definition) is 5. The molecule has 0 amide bonds. The Bertz CT molecular complexity index is 759. The van der Waals surface area contributed by atoms with Gasteiger partial charge < -0.3 is 20.1 Å². The van der Waals surface area contributed by atoms with Gasteiger partial charge in [-0.25, -0.2) is 4.98 Å². The number of pyridine rings is 2. The maximum Gasteiger partial charge on any atom is 0.274 e. The highest BCUT2D eigenvalue weighted by Crippen LogP contribution is 2.22. The lowest BCUT2D eigenvalue weighted by Crippen LogP contribution is -2.51. The van der Waals surface area contributed by atoms with Gasteiger partial charge in [0.25, 0.3) is 5.56 Å². The van der Waals surface area contributed by atoms with Gasteiger partial charge in [-0.2, -0.15) is 0 Å². The lowest BCUT2D eigenvalue weighted by Gasteiger charge is -2.37. The predicted octanol–water partition coefficient (Wildman–Crippen LogP) is 2.47. The van der Waals surface area contributed by atoms with Crippen molar-refractivity contribution < 1.29 is 0 Å². The van der Waals surface area contributed by atoms with E-state index in [-0.39, 0.29) is 5.56 Å². The fraction of sp³-hybridized carbons (Fsp3) is 0.412. The number of piperazine rings is 1. The van der Waals surface area contributed by atoms with E-state index < -0.39 is 0 Å². The molecular weight excluding hydrogens is 370 g/mol. The first-order chi connectivity index (χ1) is 11.6. The van der Waals surface area contributed by atoms with Crippen LogP contribution in [-0.2, 0) is 7.05 Å². The van der Waals surface area contributed by atoms with Crippen molar-refractivity contribution in [2.75, 3.05) is 29.9 Å². The maximum absolute atomic E-state index is 12.2. The molecule has 3 heterocycles. The molecule has 128 valence electrons. The van der Waals surface area contributed by atoms with E-state index in [2.05, 4.69) is 49.4 Å². The zero-order valence-electron chi connectivity index (χ0n) is 13.9. The topological polar surface area (TPSA) is 62.2 Å². The third-order valence-electron chi connectivity index (χ3n) is 4.31. The summed E-state index contributed by atoms with van der Waals surface area (Å²) in [5.41, 5.74) is 1.54. The van der Waals surface area contributed by atoms with Crippen molar-refractivity contribution in [2.24, 2.45) is 7.05 Å². The Morgan fingerprint density at radius 3 is 3.00 bits per heavy atom. The summed E-state index contributed by atoms with van der Waals surface area (Å²) in [5.74, 6) is 0.664. The minimum Gasteiger partial charge on any atom is -0.365 e. The first kappa shape index (κ1) is 17.0. The Labute approximate surface area is 150 Å². The highest BCUT2D eigenvalue weighted by atomic mass is 79.9. The first-order valence-electron chi connectivity index (χ1n) is 8.15. The second kappa shape index (κ2) is 7.36. The number of nitrogens with zero attached hydrogens (tertiary/aromatic N) is 3. The summed E-state index contributed by atoms with van der Waals surface area (Å²) in [6.07, 6.45) is 4.71.